The van der Waals surface area contributed by atoms with Gasteiger partial charge in [-0.15, -0.1) is 0 Å². The van der Waals surface area contributed by atoms with Crippen LogP contribution in [0.5, 0.6) is 0 Å². The number of nitrogens with one attached hydrogen (secondary N) is 1. The predicted molar refractivity (Wildman–Crippen MR) is 90.4 cm³/mol. The molecule has 0 saturated heterocycles. The summed E-state index contributed by atoms with van der Waals surface area (Å²) in [4.78, 5) is 24.0. The van der Waals surface area contributed by atoms with E-state index in [4.69, 9.17) is 10.2 Å². The van der Waals surface area contributed by atoms with Crippen LogP contribution in [0.25, 0.3) is 21.9 Å². The van der Waals surface area contributed by atoms with E-state index >= 15 is 0 Å². The van der Waals surface area contributed by atoms with E-state index in [1.54, 1.807) is 12.1 Å². The third-order valence-corrected chi connectivity index (χ3v) is 3.82. The number of anilines is 1. The van der Waals surface area contributed by atoms with Gasteiger partial charge in [0.25, 0.3) is 5.91 Å². The molecule has 0 radical (unpaired) electrons. The summed E-state index contributed by atoms with van der Waals surface area (Å²) in [5, 5.41) is 4.24. The third-order valence-electron chi connectivity index (χ3n) is 3.82. The Morgan fingerprint density at radius 2 is 1.91 bits per heavy atom. The molecular weight excluding hydrogens is 292 g/mol. The highest BCUT2D eigenvalue weighted by Crippen LogP contribution is 2.34. The quantitative estimate of drug-likeness (QED) is 0.751. The zero-order valence-electron chi connectivity index (χ0n) is 12.9. The number of nitrogens with two attached hydrogens (primary N) is 1. The Hall–Kier alpha value is -2.82. The molecule has 0 unspecified atom stereocenters. The number of amides is 2. The number of rotatable bonds is 5. The van der Waals surface area contributed by atoms with Gasteiger partial charge in [-0.1, -0.05) is 31.5 Å². The number of unbranched alkanes of at least 4 members (excludes halogenated alkanes) is 1. The number of carbonyl (C=O) groups is 2. The highest BCUT2D eigenvalue weighted by Gasteiger charge is 2.19. The monoisotopic (exact) mass is 310 g/mol. The van der Waals surface area contributed by atoms with Crippen molar-refractivity contribution in [3.05, 3.63) is 42.0 Å². The van der Waals surface area contributed by atoms with Crippen LogP contribution in [0.3, 0.4) is 0 Å². The summed E-state index contributed by atoms with van der Waals surface area (Å²) >= 11 is 0. The number of benzene rings is 2. The van der Waals surface area contributed by atoms with E-state index in [9.17, 15) is 9.59 Å². The Morgan fingerprint density at radius 1 is 1.13 bits per heavy atom. The van der Waals surface area contributed by atoms with Gasteiger partial charge in [0.1, 0.15) is 11.2 Å². The molecule has 3 aromatic rings. The van der Waals surface area contributed by atoms with Crippen LogP contribution in [-0.4, -0.2) is 11.8 Å². The van der Waals surface area contributed by atoms with Gasteiger partial charge in [-0.3, -0.25) is 9.59 Å². The zero-order valence-corrected chi connectivity index (χ0v) is 12.9. The molecule has 1 heterocycles. The predicted octanol–water partition coefficient (Wildman–Crippen LogP) is 3.81. The highest BCUT2D eigenvalue weighted by atomic mass is 16.3. The van der Waals surface area contributed by atoms with Crippen molar-refractivity contribution in [3.8, 4) is 0 Å². The summed E-state index contributed by atoms with van der Waals surface area (Å²) in [6.07, 6.45) is 2.15. The lowest BCUT2D eigenvalue weighted by Crippen LogP contribution is -2.18. The topological polar surface area (TPSA) is 85.3 Å². The molecule has 0 bridgehead atoms. The lowest BCUT2D eigenvalue weighted by atomic mass is 10.0. The van der Waals surface area contributed by atoms with E-state index in [1.165, 1.54) is 0 Å². The fourth-order valence-corrected chi connectivity index (χ4v) is 2.73. The second kappa shape index (κ2) is 6.12. The van der Waals surface area contributed by atoms with Gasteiger partial charge in [0, 0.05) is 17.2 Å². The minimum Gasteiger partial charge on any atom is -0.456 e. The maximum absolute atomic E-state index is 12.0. The van der Waals surface area contributed by atoms with Crippen molar-refractivity contribution >= 4 is 39.4 Å². The molecule has 2 aromatic carbocycles. The molecule has 2 amide bonds. The molecular formula is C18H18N2O3. The Morgan fingerprint density at radius 3 is 2.65 bits per heavy atom. The molecule has 0 aliphatic carbocycles. The number of para-hydroxylation sites is 1. The lowest BCUT2D eigenvalue weighted by molar-refractivity contribution is -0.116. The van der Waals surface area contributed by atoms with Crippen LogP contribution in [0.1, 0.15) is 36.5 Å². The van der Waals surface area contributed by atoms with E-state index in [-0.39, 0.29) is 11.5 Å². The second-order valence-electron chi connectivity index (χ2n) is 5.48. The lowest BCUT2D eigenvalue weighted by Gasteiger charge is -2.10. The Kier molecular flexibility index (Phi) is 4.02. The van der Waals surface area contributed by atoms with Crippen molar-refractivity contribution in [2.24, 2.45) is 5.73 Å². The zero-order chi connectivity index (χ0) is 16.4. The van der Waals surface area contributed by atoms with Crippen molar-refractivity contribution < 1.29 is 14.0 Å². The van der Waals surface area contributed by atoms with Gasteiger partial charge in [0.2, 0.25) is 5.91 Å². The van der Waals surface area contributed by atoms with Crippen LogP contribution in [0, 0.1) is 0 Å². The summed E-state index contributed by atoms with van der Waals surface area (Å²) in [6, 6.07) is 10.8. The van der Waals surface area contributed by atoms with E-state index in [2.05, 4.69) is 5.32 Å². The van der Waals surface area contributed by atoms with Crippen LogP contribution in [0.2, 0.25) is 0 Å². The van der Waals surface area contributed by atoms with E-state index < -0.39 is 5.91 Å². The Labute approximate surface area is 133 Å². The van der Waals surface area contributed by atoms with Gasteiger partial charge in [0.15, 0.2) is 0 Å². The molecule has 0 saturated carbocycles. The fourth-order valence-electron chi connectivity index (χ4n) is 2.73. The summed E-state index contributed by atoms with van der Waals surface area (Å²) in [7, 11) is 0. The SMILES string of the molecule is CCCCC(=O)Nc1ccc2oc3ccccc3c2c1C(N)=O. The largest absolute Gasteiger partial charge is 0.456 e. The Balaban J connectivity index is 2.15. The van der Waals surface area contributed by atoms with Crippen molar-refractivity contribution in [2.75, 3.05) is 5.32 Å². The highest BCUT2D eigenvalue weighted by molar-refractivity contribution is 6.20. The van der Waals surface area contributed by atoms with Gasteiger partial charge in [0.05, 0.1) is 11.3 Å². The number of primary amides is 1. The first kappa shape index (κ1) is 15.1. The first-order chi connectivity index (χ1) is 11.1. The molecule has 0 spiro atoms. The van der Waals surface area contributed by atoms with Crippen LogP contribution >= 0.6 is 0 Å². The molecule has 5 nitrogen and oxygen atoms in total. The molecule has 1 aromatic heterocycles. The van der Waals surface area contributed by atoms with Crippen LogP contribution < -0.4 is 11.1 Å². The van der Waals surface area contributed by atoms with Gasteiger partial charge in [-0.25, -0.2) is 0 Å². The maximum Gasteiger partial charge on any atom is 0.251 e. The third kappa shape index (κ3) is 2.77. The molecule has 23 heavy (non-hydrogen) atoms. The first-order valence-electron chi connectivity index (χ1n) is 7.65. The van der Waals surface area contributed by atoms with Gasteiger partial charge in [-0.2, -0.15) is 0 Å². The average Bonchev–Trinajstić information content (AvgIpc) is 2.91. The average molecular weight is 310 g/mol. The fraction of sp³-hybridized carbons (Fsp3) is 0.222. The van der Waals surface area contributed by atoms with Crippen LogP contribution in [0.4, 0.5) is 5.69 Å². The minimum absolute atomic E-state index is 0.124. The first-order valence-corrected chi connectivity index (χ1v) is 7.65. The number of fused-ring (bicyclic) bond motifs is 3. The van der Waals surface area contributed by atoms with Gasteiger partial charge >= 0.3 is 0 Å². The number of furan rings is 1. The van der Waals surface area contributed by atoms with Crippen molar-refractivity contribution in [2.45, 2.75) is 26.2 Å². The normalized spacial score (nSPS) is 11.0. The summed E-state index contributed by atoms with van der Waals surface area (Å²) in [6.45, 7) is 2.02. The van der Waals surface area contributed by atoms with Crippen molar-refractivity contribution in [1.82, 2.24) is 0 Å². The molecule has 3 N–H and O–H groups in total. The molecule has 0 atom stereocenters. The van der Waals surface area contributed by atoms with E-state index in [1.807, 2.05) is 31.2 Å². The van der Waals surface area contributed by atoms with E-state index in [0.717, 1.165) is 18.2 Å². The summed E-state index contributed by atoms with van der Waals surface area (Å²) < 4.78 is 5.75. The van der Waals surface area contributed by atoms with Crippen LogP contribution in [0.15, 0.2) is 40.8 Å². The Bertz CT molecular complexity index is 896. The van der Waals surface area contributed by atoms with Gasteiger partial charge in [-0.05, 0) is 24.6 Å². The standard InChI is InChI=1S/C18H18N2O3/c1-2-3-8-15(21)20-12-9-10-14-16(17(12)18(19)22)11-6-4-5-7-13(11)23-14/h4-7,9-10H,2-3,8H2,1H3,(H2,19,22)(H,20,21). The molecule has 3 rings (SSSR count). The van der Waals surface area contributed by atoms with Crippen molar-refractivity contribution in [3.63, 3.8) is 0 Å². The number of hydrogen-bond donors (Lipinski definition) is 2. The molecule has 0 fully saturated rings. The number of hydrogen-bond acceptors (Lipinski definition) is 3. The summed E-state index contributed by atoms with van der Waals surface area (Å²) in [5.74, 6) is -0.713. The second-order valence-corrected chi connectivity index (χ2v) is 5.48. The van der Waals surface area contributed by atoms with Crippen molar-refractivity contribution in [1.29, 1.82) is 0 Å². The molecule has 0 aliphatic heterocycles. The van der Waals surface area contributed by atoms with E-state index in [0.29, 0.717) is 28.7 Å². The molecule has 118 valence electrons. The molecule has 5 heteroatoms. The number of carbonyl (C=O) groups excluding carboxylic acids is 2. The summed E-state index contributed by atoms with van der Waals surface area (Å²) in [5.41, 5.74) is 7.55. The van der Waals surface area contributed by atoms with Gasteiger partial charge < -0.3 is 15.5 Å². The van der Waals surface area contributed by atoms with Crippen LogP contribution in [-0.2, 0) is 4.79 Å². The molecule has 0 aliphatic rings. The smallest absolute Gasteiger partial charge is 0.251 e. The maximum atomic E-state index is 12.0. The minimum atomic E-state index is -0.590.